The van der Waals surface area contributed by atoms with Crippen LogP contribution in [0.3, 0.4) is 0 Å². The van der Waals surface area contributed by atoms with Crippen molar-refractivity contribution in [3.05, 3.63) is 72.7 Å². The summed E-state index contributed by atoms with van der Waals surface area (Å²) in [5, 5.41) is 5.32. The standard InChI is InChI=1S/C21H17F2N5O2/c1-13-18(27-20-24-9-4-10-28(13)20)14-5-2-6-15(11-14)25-21(29)26-16-7-3-8-17(12-16)30-19(22)23/h2-12,19H,1H3,(H2,25,26,29). The molecule has 2 aromatic heterocycles. The van der Waals surface area contributed by atoms with Crippen molar-refractivity contribution in [2.24, 2.45) is 0 Å². The lowest BCUT2D eigenvalue weighted by atomic mass is 10.1. The van der Waals surface area contributed by atoms with Crippen LogP contribution in [-0.4, -0.2) is 27.0 Å². The van der Waals surface area contributed by atoms with E-state index in [-0.39, 0.29) is 5.75 Å². The molecule has 9 heteroatoms. The summed E-state index contributed by atoms with van der Waals surface area (Å²) in [5.74, 6) is 0.549. The first-order valence-electron chi connectivity index (χ1n) is 9.02. The molecular formula is C21H17F2N5O2. The first-order chi connectivity index (χ1) is 14.5. The van der Waals surface area contributed by atoms with Gasteiger partial charge >= 0.3 is 12.6 Å². The first kappa shape index (κ1) is 19.3. The number of nitrogens with zero attached hydrogens (tertiary/aromatic N) is 3. The molecule has 0 bridgehead atoms. The summed E-state index contributed by atoms with van der Waals surface area (Å²) in [7, 11) is 0. The fourth-order valence-electron chi connectivity index (χ4n) is 3.06. The Bertz CT molecular complexity index is 1210. The molecule has 0 atom stereocenters. The van der Waals surface area contributed by atoms with E-state index in [4.69, 9.17) is 0 Å². The molecule has 0 saturated carbocycles. The predicted octanol–water partition coefficient (Wildman–Crippen LogP) is 4.95. The molecule has 0 aliphatic rings. The molecule has 0 saturated heterocycles. The number of urea groups is 1. The van der Waals surface area contributed by atoms with Gasteiger partial charge in [0.05, 0.1) is 5.69 Å². The number of benzene rings is 2. The number of hydrogen-bond donors (Lipinski definition) is 2. The van der Waals surface area contributed by atoms with E-state index in [0.717, 1.165) is 17.0 Å². The fourth-order valence-corrected chi connectivity index (χ4v) is 3.06. The van der Waals surface area contributed by atoms with Crippen LogP contribution in [-0.2, 0) is 0 Å². The number of ether oxygens (including phenoxy) is 1. The maximum Gasteiger partial charge on any atom is 0.387 e. The molecule has 0 spiro atoms. The zero-order valence-electron chi connectivity index (χ0n) is 15.8. The number of halogens is 2. The molecule has 0 unspecified atom stereocenters. The molecule has 152 valence electrons. The van der Waals surface area contributed by atoms with Crippen molar-refractivity contribution >= 4 is 23.2 Å². The van der Waals surface area contributed by atoms with Gasteiger partial charge in [0, 0.05) is 41.1 Å². The third-order valence-corrected chi connectivity index (χ3v) is 4.35. The van der Waals surface area contributed by atoms with E-state index < -0.39 is 12.6 Å². The summed E-state index contributed by atoms with van der Waals surface area (Å²) >= 11 is 0. The number of fused-ring (bicyclic) bond motifs is 1. The van der Waals surface area contributed by atoms with Gasteiger partial charge in [-0.3, -0.25) is 4.40 Å². The van der Waals surface area contributed by atoms with Crippen molar-refractivity contribution in [1.29, 1.82) is 0 Å². The molecule has 0 aliphatic carbocycles. The number of aryl methyl sites for hydroxylation is 1. The van der Waals surface area contributed by atoms with Crippen molar-refractivity contribution in [2.45, 2.75) is 13.5 Å². The Morgan fingerprint density at radius 2 is 1.80 bits per heavy atom. The smallest absolute Gasteiger partial charge is 0.387 e. The number of carbonyl (C=O) groups is 1. The fraction of sp³-hybridized carbons (Fsp3) is 0.0952. The minimum atomic E-state index is -2.94. The van der Waals surface area contributed by atoms with Crippen LogP contribution < -0.4 is 15.4 Å². The van der Waals surface area contributed by atoms with E-state index in [1.165, 1.54) is 18.2 Å². The van der Waals surface area contributed by atoms with Crippen LogP contribution in [0.15, 0.2) is 67.0 Å². The van der Waals surface area contributed by atoms with Crippen LogP contribution in [0.1, 0.15) is 5.69 Å². The van der Waals surface area contributed by atoms with Gasteiger partial charge in [0.2, 0.25) is 5.78 Å². The van der Waals surface area contributed by atoms with Gasteiger partial charge in [-0.2, -0.15) is 8.78 Å². The van der Waals surface area contributed by atoms with Crippen LogP contribution in [0.5, 0.6) is 5.75 Å². The van der Waals surface area contributed by atoms with Gasteiger partial charge < -0.3 is 15.4 Å². The lowest BCUT2D eigenvalue weighted by Gasteiger charge is -2.10. The largest absolute Gasteiger partial charge is 0.435 e. The molecule has 2 aromatic carbocycles. The Morgan fingerprint density at radius 1 is 1.07 bits per heavy atom. The Labute approximate surface area is 170 Å². The number of carbonyl (C=O) groups excluding carboxylic acids is 1. The normalized spacial score (nSPS) is 10.9. The molecule has 4 aromatic rings. The van der Waals surface area contributed by atoms with E-state index in [0.29, 0.717) is 17.2 Å². The van der Waals surface area contributed by atoms with E-state index >= 15 is 0 Å². The lowest BCUT2D eigenvalue weighted by molar-refractivity contribution is -0.0497. The van der Waals surface area contributed by atoms with Gasteiger partial charge in [0.15, 0.2) is 0 Å². The van der Waals surface area contributed by atoms with E-state index in [1.807, 2.05) is 29.7 Å². The van der Waals surface area contributed by atoms with Crippen molar-refractivity contribution < 1.29 is 18.3 Å². The second-order valence-corrected chi connectivity index (χ2v) is 6.40. The van der Waals surface area contributed by atoms with Gasteiger partial charge in [0.25, 0.3) is 0 Å². The highest BCUT2D eigenvalue weighted by atomic mass is 19.3. The summed E-state index contributed by atoms with van der Waals surface area (Å²) in [6, 6.07) is 14.3. The predicted molar refractivity (Wildman–Crippen MR) is 109 cm³/mol. The van der Waals surface area contributed by atoms with Gasteiger partial charge in [-0.1, -0.05) is 18.2 Å². The minimum Gasteiger partial charge on any atom is -0.435 e. The Kier molecular flexibility index (Phi) is 5.25. The van der Waals surface area contributed by atoms with Crippen molar-refractivity contribution in [1.82, 2.24) is 14.4 Å². The highest BCUT2D eigenvalue weighted by Gasteiger charge is 2.12. The summed E-state index contributed by atoms with van der Waals surface area (Å²) in [4.78, 5) is 21.1. The molecule has 0 fully saturated rings. The topological polar surface area (TPSA) is 80.5 Å². The highest BCUT2D eigenvalue weighted by Crippen LogP contribution is 2.26. The zero-order valence-corrected chi connectivity index (χ0v) is 15.8. The molecule has 2 amide bonds. The van der Waals surface area contributed by atoms with Crippen LogP contribution in [0, 0.1) is 6.92 Å². The monoisotopic (exact) mass is 409 g/mol. The number of nitrogens with one attached hydrogen (secondary N) is 2. The number of hydrogen-bond acceptors (Lipinski definition) is 4. The number of alkyl halides is 2. The van der Waals surface area contributed by atoms with Crippen LogP contribution >= 0.6 is 0 Å². The summed E-state index contributed by atoms with van der Waals surface area (Å²) in [6.45, 7) is -0.992. The van der Waals surface area contributed by atoms with Gasteiger partial charge in [-0.05, 0) is 37.3 Å². The molecule has 2 heterocycles. The highest BCUT2D eigenvalue weighted by molar-refractivity contribution is 6.00. The van der Waals surface area contributed by atoms with Gasteiger partial charge in [0.1, 0.15) is 5.75 Å². The Morgan fingerprint density at radius 3 is 2.53 bits per heavy atom. The molecular weight excluding hydrogens is 392 g/mol. The third kappa shape index (κ3) is 4.19. The second kappa shape index (κ2) is 8.16. The maximum absolute atomic E-state index is 12.3. The summed E-state index contributed by atoms with van der Waals surface area (Å²) < 4.78 is 30.9. The van der Waals surface area contributed by atoms with Crippen molar-refractivity contribution in [3.8, 4) is 17.0 Å². The van der Waals surface area contributed by atoms with Crippen LogP contribution in [0.2, 0.25) is 0 Å². The Balaban J connectivity index is 1.50. The number of rotatable bonds is 5. The third-order valence-electron chi connectivity index (χ3n) is 4.35. The SMILES string of the molecule is Cc1c(-c2cccc(NC(=O)Nc3cccc(OC(F)F)c3)c2)nc2ncccn12. The molecule has 0 radical (unpaired) electrons. The second-order valence-electron chi connectivity index (χ2n) is 6.40. The minimum absolute atomic E-state index is 0.0410. The molecule has 7 nitrogen and oxygen atoms in total. The van der Waals surface area contributed by atoms with Crippen molar-refractivity contribution in [2.75, 3.05) is 10.6 Å². The van der Waals surface area contributed by atoms with E-state index in [9.17, 15) is 13.6 Å². The van der Waals surface area contributed by atoms with E-state index in [1.54, 1.807) is 30.5 Å². The maximum atomic E-state index is 12.3. The first-order valence-corrected chi connectivity index (χ1v) is 9.02. The summed E-state index contributed by atoms with van der Waals surface area (Å²) in [5.41, 5.74) is 3.38. The molecule has 4 rings (SSSR count). The number of imidazole rings is 1. The average Bonchev–Trinajstić information content (AvgIpc) is 3.05. The molecule has 30 heavy (non-hydrogen) atoms. The van der Waals surface area contributed by atoms with E-state index in [2.05, 4.69) is 25.3 Å². The lowest BCUT2D eigenvalue weighted by Crippen LogP contribution is -2.19. The number of amides is 2. The Hall–Kier alpha value is -4.01. The van der Waals surface area contributed by atoms with Gasteiger partial charge in [-0.15, -0.1) is 0 Å². The average molecular weight is 409 g/mol. The molecule has 2 N–H and O–H groups in total. The van der Waals surface area contributed by atoms with Crippen LogP contribution in [0.4, 0.5) is 25.0 Å². The molecule has 0 aliphatic heterocycles. The van der Waals surface area contributed by atoms with Crippen LogP contribution in [0.25, 0.3) is 17.0 Å². The van der Waals surface area contributed by atoms with Crippen molar-refractivity contribution in [3.63, 3.8) is 0 Å². The number of aromatic nitrogens is 3. The summed E-state index contributed by atoms with van der Waals surface area (Å²) in [6.07, 6.45) is 3.56. The van der Waals surface area contributed by atoms with Gasteiger partial charge in [-0.25, -0.2) is 14.8 Å². The quantitative estimate of drug-likeness (QED) is 0.489. The zero-order chi connectivity index (χ0) is 21.1. The number of anilines is 2.